The van der Waals surface area contributed by atoms with Crippen LogP contribution in [0.3, 0.4) is 0 Å². The van der Waals surface area contributed by atoms with Crippen molar-refractivity contribution < 1.29 is 19.1 Å². The Bertz CT molecular complexity index is 1090. The van der Waals surface area contributed by atoms with E-state index in [-0.39, 0.29) is 11.4 Å². The van der Waals surface area contributed by atoms with Crippen LogP contribution >= 0.6 is 0 Å². The number of carbonyl (C=O) groups excluding carboxylic acids is 2. The number of amides is 1. The normalized spacial score (nSPS) is 14.2. The molecule has 1 aromatic heterocycles. The predicted molar refractivity (Wildman–Crippen MR) is 116 cm³/mol. The van der Waals surface area contributed by atoms with Gasteiger partial charge in [0.1, 0.15) is 17.6 Å². The lowest BCUT2D eigenvalue weighted by atomic mass is 9.97. The van der Waals surface area contributed by atoms with E-state index in [4.69, 9.17) is 15.2 Å². The van der Waals surface area contributed by atoms with Crippen molar-refractivity contribution in [1.82, 2.24) is 9.88 Å². The molecule has 1 saturated heterocycles. The molecule has 0 atom stereocenters. The molecule has 31 heavy (non-hydrogen) atoms. The van der Waals surface area contributed by atoms with Crippen molar-refractivity contribution >= 4 is 12.2 Å². The number of benzene rings is 2. The molecule has 1 amide bonds. The number of aromatic nitrogens is 1. The molecule has 0 unspecified atom stereocenters. The van der Waals surface area contributed by atoms with Crippen molar-refractivity contribution in [2.24, 2.45) is 5.73 Å². The Balaban J connectivity index is 1.65. The molecule has 1 aliphatic heterocycles. The Morgan fingerprint density at radius 2 is 1.97 bits per heavy atom. The summed E-state index contributed by atoms with van der Waals surface area (Å²) >= 11 is 0. The Labute approximate surface area is 180 Å². The summed E-state index contributed by atoms with van der Waals surface area (Å²) in [5, 5.41) is 0. The molecule has 0 saturated carbocycles. The summed E-state index contributed by atoms with van der Waals surface area (Å²) in [4.78, 5) is 29.4. The molecule has 3 aromatic rings. The molecule has 1 fully saturated rings. The number of carbonyl (C=O) groups is 2. The van der Waals surface area contributed by atoms with Crippen LogP contribution < -0.4 is 10.5 Å². The van der Waals surface area contributed by atoms with Crippen molar-refractivity contribution in [3.63, 3.8) is 0 Å². The minimum atomic E-state index is -0.600. The summed E-state index contributed by atoms with van der Waals surface area (Å²) in [6, 6.07) is 16.4. The van der Waals surface area contributed by atoms with Gasteiger partial charge in [-0.2, -0.15) is 0 Å². The van der Waals surface area contributed by atoms with Crippen LogP contribution in [0.5, 0.6) is 11.6 Å². The maximum atomic E-state index is 11.7. The molecule has 158 valence electrons. The van der Waals surface area contributed by atoms with Crippen molar-refractivity contribution in [2.45, 2.75) is 6.54 Å². The second kappa shape index (κ2) is 9.51. The Morgan fingerprint density at radius 3 is 2.74 bits per heavy atom. The van der Waals surface area contributed by atoms with Gasteiger partial charge in [-0.15, -0.1) is 0 Å². The van der Waals surface area contributed by atoms with E-state index in [2.05, 4.69) is 9.88 Å². The van der Waals surface area contributed by atoms with Gasteiger partial charge in [-0.1, -0.05) is 24.3 Å². The van der Waals surface area contributed by atoms with Crippen LogP contribution in [0.1, 0.15) is 26.3 Å². The summed E-state index contributed by atoms with van der Waals surface area (Å²) in [7, 11) is 0. The molecule has 0 aliphatic carbocycles. The quantitative estimate of drug-likeness (QED) is 0.593. The average Bonchev–Trinajstić information content (AvgIpc) is 2.80. The van der Waals surface area contributed by atoms with Gasteiger partial charge in [-0.05, 0) is 47.0 Å². The summed E-state index contributed by atoms with van der Waals surface area (Å²) in [5.41, 5.74) is 9.29. The van der Waals surface area contributed by atoms with Crippen molar-refractivity contribution in [2.75, 3.05) is 26.3 Å². The molecular weight excluding hydrogens is 394 g/mol. The standard InChI is InChI=1S/C24H23N3O4/c25-23(29)22-5-2-8-26-24(22)31-20-4-1-3-18(14-20)21-7-6-17(16-28)13-19(21)15-27-9-11-30-12-10-27/h1-8,13-14,16H,9-12,15H2,(H2,25,29). The Kier molecular flexibility index (Phi) is 6.35. The summed E-state index contributed by atoms with van der Waals surface area (Å²) < 4.78 is 11.3. The minimum absolute atomic E-state index is 0.164. The first-order chi connectivity index (χ1) is 15.1. The number of pyridine rings is 1. The van der Waals surface area contributed by atoms with Gasteiger partial charge in [0.2, 0.25) is 5.88 Å². The largest absolute Gasteiger partial charge is 0.438 e. The monoisotopic (exact) mass is 417 g/mol. The van der Waals surface area contributed by atoms with E-state index in [1.165, 1.54) is 0 Å². The van der Waals surface area contributed by atoms with Crippen LogP contribution in [0.4, 0.5) is 0 Å². The molecule has 2 heterocycles. The van der Waals surface area contributed by atoms with Crippen LogP contribution in [0, 0.1) is 0 Å². The molecular formula is C24H23N3O4. The van der Waals surface area contributed by atoms with E-state index in [0.717, 1.165) is 42.6 Å². The van der Waals surface area contributed by atoms with Gasteiger partial charge in [0.25, 0.3) is 5.91 Å². The Hall–Kier alpha value is -3.55. The average molecular weight is 417 g/mol. The topological polar surface area (TPSA) is 94.8 Å². The number of hydrogen-bond donors (Lipinski definition) is 1. The van der Waals surface area contributed by atoms with Gasteiger partial charge in [-0.3, -0.25) is 14.5 Å². The third-order valence-corrected chi connectivity index (χ3v) is 5.16. The molecule has 7 heteroatoms. The fraction of sp³-hybridized carbons (Fsp3) is 0.208. The highest BCUT2D eigenvalue weighted by Crippen LogP contribution is 2.31. The molecule has 2 N–H and O–H groups in total. The number of hydrogen-bond acceptors (Lipinski definition) is 6. The first-order valence-electron chi connectivity index (χ1n) is 10.1. The van der Waals surface area contributed by atoms with Gasteiger partial charge >= 0.3 is 0 Å². The van der Waals surface area contributed by atoms with Crippen molar-refractivity contribution in [3.05, 3.63) is 77.5 Å². The van der Waals surface area contributed by atoms with E-state index < -0.39 is 5.91 Å². The molecule has 0 spiro atoms. The summed E-state index contributed by atoms with van der Waals surface area (Å²) in [6.07, 6.45) is 2.41. The Morgan fingerprint density at radius 1 is 1.13 bits per heavy atom. The van der Waals surface area contributed by atoms with Crippen LogP contribution in [0.2, 0.25) is 0 Å². The lowest BCUT2D eigenvalue weighted by molar-refractivity contribution is 0.0342. The number of nitrogens with zero attached hydrogens (tertiary/aromatic N) is 2. The van der Waals surface area contributed by atoms with Gasteiger partial charge in [0, 0.05) is 31.4 Å². The van der Waals surface area contributed by atoms with Gasteiger partial charge in [-0.25, -0.2) is 4.98 Å². The second-order valence-corrected chi connectivity index (χ2v) is 7.27. The second-order valence-electron chi connectivity index (χ2n) is 7.27. The lowest BCUT2D eigenvalue weighted by Crippen LogP contribution is -2.35. The highest BCUT2D eigenvalue weighted by Gasteiger charge is 2.16. The van der Waals surface area contributed by atoms with E-state index >= 15 is 0 Å². The van der Waals surface area contributed by atoms with Gasteiger partial charge < -0.3 is 15.2 Å². The number of morpholine rings is 1. The van der Waals surface area contributed by atoms with Crippen LogP contribution in [0.25, 0.3) is 11.1 Å². The maximum absolute atomic E-state index is 11.7. The van der Waals surface area contributed by atoms with E-state index in [1.807, 2.05) is 36.4 Å². The minimum Gasteiger partial charge on any atom is -0.438 e. The van der Waals surface area contributed by atoms with Gasteiger partial charge in [0.15, 0.2) is 0 Å². The van der Waals surface area contributed by atoms with E-state index in [9.17, 15) is 9.59 Å². The van der Waals surface area contributed by atoms with Crippen LogP contribution in [-0.4, -0.2) is 48.4 Å². The fourth-order valence-corrected chi connectivity index (χ4v) is 3.60. The SMILES string of the molecule is NC(=O)c1cccnc1Oc1cccc(-c2ccc(C=O)cc2CN2CCOCC2)c1. The summed E-state index contributed by atoms with van der Waals surface area (Å²) in [6.45, 7) is 3.83. The third kappa shape index (κ3) is 4.96. The van der Waals surface area contributed by atoms with E-state index in [0.29, 0.717) is 24.5 Å². The van der Waals surface area contributed by atoms with Crippen molar-refractivity contribution in [1.29, 1.82) is 0 Å². The van der Waals surface area contributed by atoms with Crippen LogP contribution in [-0.2, 0) is 11.3 Å². The number of ether oxygens (including phenoxy) is 2. The maximum Gasteiger partial charge on any atom is 0.254 e. The van der Waals surface area contributed by atoms with E-state index in [1.54, 1.807) is 24.4 Å². The van der Waals surface area contributed by atoms with Crippen molar-refractivity contribution in [3.8, 4) is 22.8 Å². The molecule has 2 aromatic carbocycles. The zero-order chi connectivity index (χ0) is 21.6. The zero-order valence-electron chi connectivity index (χ0n) is 17.0. The predicted octanol–water partition coefficient (Wildman–Crippen LogP) is 3.28. The lowest BCUT2D eigenvalue weighted by Gasteiger charge is -2.27. The first-order valence-corrected chi connectivity index (χ1v) is 10.1. The molecule has 7 nitrogen and oxygen atoms in total. The van der Waals surface area contributed by atoms with Gasteiger partial charge in [0.05, 0.1) is 13.2 Å². The molecule has 1 aliphatic rings. The highest BCUT2D eigenvalue weighted by molar-refractivity contribution is 5.95. The van der Waals surface area contributed by atoms with Crippen LogP contribution in [0.15, 0.2) is 60.8 Å². The number of nitrogens with two attached hydrogens (primary N) is 1. The number of aldehydes is 1. The fourth-order valence-electron chi connectivity index (χ4n) is 3.60. The number of primary amides is 1. The molecule has 0 radical (unpaired) electrons. The number of rotatable bonds is 7. The third-order valence-electron chi connectivity index (χ3n) is 5.16. The highest BCUT2D eigenvalue weighted by atomic mass is 16.5. The first kappa shape index (κ1) is 20.7. The summed E-state index contributed by atoms with van der Waals surface area (Å²) in [5.74, 6) is 0.101. The zero-order valence-corrected chi connectivity index (χ0v) is 17.0. The smallest absolute Gasteiger partial charge is 0.254 e. The molecule has 0 bridgehead atoms. The molecule has 4 rings (SSSR count).